The minimum absolute atomic E-state index is 0.0728. The Bertz CT molecular complexity index is 1280. The number of aliphatic hydroxyl groups is 1. The minimum Gasteiger partial charge on any atom is -0.493 e. The van der Waals surface area contributed by atoms with Gasteiger partial charge < -0.3 is 25.0 Å². The highest BCUT2D eigenvalue weighted by atomic mass is 16.5. The lowest BCUT2D eigenvalue weighted by Crippen LogP contribution is -2.41. The molecule has 2 fully saturated rings. The number of nitrogens with one attached hydrogen (secondary N) is 2. The largest absolute Gasteiger partial charge is 0.493 e. The van der Waals surface area contributed by atoms with Crippen LogP contribution in [0.1, 0.15) is 41.4 Å². The molecule has 0 radical (unpaired) electrons. The Morgan fingerprint density at radius 1 is 1.23 bits per heavy atom. The molecule has 2 atom stereocenters. The fraction of sp³-hybridized carbons (Fsp3) is 0.462. The molecule has 2 amide bonds. The maximum absolute atomic E-state index is 13.4. The molecular weight excluding hydrogens is 446 g/mol. The number of benzene rings is 1. The van der Waals surface area contributed by atoms with E-state index in [1.165, 1.54) is 19.2 Å². The molecule has 1 saturated carbocycles. The first-order valence-electron chi connectivity index (χ1n) is 12.1. The van der Waals surface area contributed by atoms with Gasteiger partial charge in [0.05, 0.1) is 23.7 Å². The first kappa shape index (κ1) is 23.3. The van der Waals surface area contributed by atoms with Crippen molar-refractivity contribution >= 4 is 22.8 Å². The molecular formula is C26H31N5O4. The van der Waals surface area contributed by atoms with Crippen LogP contribution in [0.5, 0.6) is 5.75 Å². The summed E-state index contributed by atoms with van der Waals surface area (Å²) in [5.74, 6) is 0.895. The fourth-order valence-electron chi connectivity index (χ4n) is 4.75. The summed E-state index contributed by atoms with van der Waals surface area (Å²) in [5.41, 5.74) is 5.05. The number of ether oxygens (including phenoxy) is 1. The van der Waals surface area contributed by atoms with Crippen LogP contribution in [-0.4, -0.2) is 69.1 Å². The smallest absolute Gasteiger partial charge is 0.255 e. The Balaban J connectivity index is 1.46. The van der Waals surface area contributed by atoms with Gasteiger partial charge in [-0.15, -0.1) is 0 Å². The Morgan fingerprint density at radius 2 is 2.03 bits per heavy atom. The number of nitrogens with zero attached hydrogens (tertiary/aromatic N) is 3. The van der Waals surface area contributed by atoms with E-state index in [4.69, 9.17) is 9.84 Å². The number of rotatable bonds is 7. The van der Waals surface area contributed by atoms with Crippen LogP contribution < -0.4 is 10.1 Å². The number of H-pyrrole nitrogens is 1. The van der Waals surface area contributed by atoms with Gasteiger partial charge in [0.2, 0.25) is 5.91 Å². The van der Waals surface area contributed by atoms with E-state index in [9.17, 15) is 9.59 Å². The quantitative estimate of drug-likeness (QED) is 0.481. The zero-order valence-corrected chi connectivity index (χ0v) is 20.3. The summed E-state index contributed by atoms with van der Waals surface area (Å²) in [6, 6.07) is 5.84. The van der Waals surface area contributed by atoms with Crippen LogP contribution >= 0.6 is 0 Å². The average molecular weight is 478 g/mol. The fourth-order valence-corrected chi connectivity index (χ4v) is 4.75. The molecule has 9 nitrogen and oxygen atoms in total. The van der Waals surface area contributed by atoms with Gasteiger partial charge >= 0.3 is 0 Å². The summed E-state index contributed by atoms with van der Waals surface area (Å²) >= 11 is 0. The third-order valence-electron chi connectivity index (χ3n) is 6.98. The first-order valence-corrected chi connectivity index (χ1v) is 12.1. The van der Waals surface area contributed by atoms with Crippen LogP contribution in [0.25, 0.3) is 22.3 Å². The van der Waals surface area contributed by atoms with Gasteiger partial charge in [0, 0.05) is 24.3 Å². The van der Waals surface area contributed by atoms with Crippen LogP contribution in [-0.2, 0) is 4.79 Å². The first-order chi connectivity index (χ1) is 16.9. The number of aromatic nitrogens is 3. The normalized spacial score (nSPS) is 19.8. The molecule has 1 aliphatic heterocycles. The number of fused-ring (bicyclic) bond motifs is 1. The van der Waals surface area contributed by atoms with Crippen LogP contribution in [0.2, 0.25) is 0 Å². The summed E-state index contributed by atoms with van der Waals surface area (Å²) in [7, 11) is 0. The highest BCUT2D eigenvalue weighted by Gasteiger charge is 2.34. The molecule has 2 aromatic heterocycles. The lowest BCUT2D eigenvalue weighted by molar-refractivity contribution is -0.133. The van der Waals surface area contributed by atoms with Crippen molar-refractivity contribution in [2.45, 2.75) is 39.7 Å². The number of likely N-dealkylation sites (tertiary alicyclic amines) is 1. The summed E-state index contributed by atoms with van der Waals surface area (Å²) in [6.07, 6.45) is 3.89. The van der Waals surface area contributed by atoms with Crippen molar-refractivity contribution in [3.05, 3.63) is 41.3 Å². The summed E-state index contributed by atoms with van der Waals surface area (Å²) in [5, 5.41) is 12.2. The number of hydrogen-bond acceptors (Lipinski definition) is 6. The van der Waals surface area contributed by atoms with Crippen molar-refractivity contribution in [2.24, 2.45) is 11.8 Å². The third kappa shape index (κ3) is 4.60. The predicted octanol–water partition coefficient (Wildman–Crippen LogP) is 2.60. The Labute approximate surface area is 203 Å². The van der Waals surface area contributed by atoms with Gasteiger partial charge in [0.1, 0.15) is 29.9 Å². The van der Waals surface area contributed by atoms with E-state index >= 15 is 0 Å². The van der Waals surface area contributed by atoms with Crippen LogP contribution in [0, 0.1) is 25.7 Å². The molecule has 3 N–H and O–H groups in total. The second kappa shape index (κ2) is 9.30. The number of aromatic amines is 1. The van der Waals surface area contributed by atoms with E-state index in [0.717, 1.165) is 16.9 Å². The number of aliphatic hydroxyl groups excluding tert-OH is 1. The second-order valence-corrected chi connectivity index (χ2v) is 9.84. The van der Waals surface area contributed by atoms with Gasteiger partial charge in [-0.05, 0) is 50.7 Å². The van der Waals surface area contributed by atoms with Crippen molar-refractivity contribution < 1.29 is 19.4 Å². The molecule has 2 aliphatic rings. The molecule has 9 heteroatoms. The molecule has 5 rings (SSSR count). The molecule has 35 heavy (non-hydrogen) atoms. The maximum atomic E-state index is 13.4. The van der Waals surface area contributed by atoms with E-state index in [2.05, 4.69) is 20.3 Å². The molecule has 1 aromatic carbocycles. The highest BCUT2D eigenvalue weighted by Crippen LogP contribution is 2.37. The van der Waals surface area contributed by atoms with Crippen molar-refractivity contribution in [3.8, 4) is 17.0 Å². The Hall–Kier alpha value is -3.46. The maximum Gasteiger partial charge on any atom is 0.255 e. The van der Waals surface area contributed by atoms with Crippen molar-refractivity contribution in [1.82, 2.24) is 25.2 Å². The second-order valence-electron chi connectivity index (χ2n) is 9.84. The summed E-state index contributed by atoms with van der Waals surface area (Å²) in [6.45, 7) is 6.90. The van der Waals surface area contributed by atoms with Gasteiger partial charge in [-0.25, -0.2) is 9.97 Å². The predicted molar refractivity (Wildman–Crippen MR) is 131 cm³/mol. The third-order valence-corrected chi connectivity index (χ3v) is 6.98. The number of hydrogen-bond donors (Lipinski definition) is 3. The lowest BCUT2D eigenvalue weighted by atomic mass is 10.0. The van der Waals surface area contributed by atoms with Crippen molar-refractivity contribution in [2.75, 3.05) is 26.3 Å². The zero-order chi connectivity index (χ0) is 24.7. The monoisotopic (exact) mass is 477 g/mol. The average Bonchev–Trinajstić information content (AvgIpc) is 3.51. The van der Waals surface area contributed by atoms with E-state index in [1.54, 1.807) is 4.90 Å². The molecule has 0 bridgehead atoms. The molecule has 184 valence electrons. The SMILES string of the molecule is Cc1ccc(OCC2CC2)c(-c2ncnc3c(C(=O)N[C@@H]4CN(C(=O)CO)C[C@@H]4C)c(C)[nH]c23)c1. The number of carbonyl (C=O) groups is 2. The van der Waals surface area contributed by atoms with Gasteiger partial charge in [0.15, 0.2) is 0 Å². The molecule has 1 aliphatic carbocycles. The zero-order valence-electron chi connectivity index (χ0n) is 20.3. The van der Waals surface area contributed by atoms with Gasteiger partial charge in [0.25, 0.3) is 5.91 Å². The number of carbonyl (C=O) groups excluding carboxylic acids is 2. The highest BCUT2D eigenvalue weighted by molar-refractivity contribution is 6.09. The summed E-state index contributed by atoms with van der Waals surface area (Å²) in [4.78, 5) is 39.2. The molecule has 1 saturated heterocycles. The number of aryl methyl sites for hydroxylation is 2. The van der Waals surface area contributed by atoms with Crippen LogP contribution in [0.3, 0.4) is 0 Å². The molecule has 3 aromatic rings. The van der Waals surface area contributed by atoms with E-state index in [-0.39, 0.29) is 23.8 Å². The molecule has 0 unspecified atom stereocenters. The van der Waals surface area contributed by atoms with Crippen molar-refractivity contribution in [3.63, 3.8) is 0 Å². The van der Waals surface area contributed by atoms with Gasteiger partial charge in [-0.2, -0.15) is 0 Å². The molecule has 3 heterocycles. The Kier molecular flexibility index (Phi) is 6.19. The Morgan fingerprint density at radius 3 is 2.77 bits per heavy atom. The summed E-state index contributed by atoms with van der Waals surface area (Å²) < 4.78 is 6.14. The topological polar surface area (TPSA) is 120 Å². The lowest BCUT2D eigenvalue weighted by Gasteiger charge is -2.17. The van der Waals surface area contributed by atoms with Crippen molar-refractivity contribution in [1.29, 1.82) is 0 Å². The van der Waals surface area contributed by atoms with E-state index in [1.807, 2.05) is 39.0 Å². The molecule has 0 spiro atoms. The van der Waals surface area contributed by atoms with Crippen LogP contribution in [0.4, 0.5) is 0 Å². The minimum atomic E-state index is -0.528. The van der Waals surface area contributed by atoms with Gasteiger partial charge in [-0.1, -0.05) is 18.6 Å². The van der Waals surface area contributed by atoms with E-state index < -0.39 is 6.61 Å². The van der Waals surface area contributed by atoms with E-state index in [0.29, 0.717) is 53.6 Å². The standard InChI is InChI=1S/C26H31N5O4/c1-14-4-7-20(35-12-17-5-6-17)18(8-14)23-25-24(28-13-27-23)22(16(3)29-25)26(34)30-19-10-31(9-15(19)2)21(33)11-32/h4,7-8,13,15,17,19,29,32H,5-6,9-12H2,1-3H3,(H,30,34)/t15-,19+/m0/s1. The number of amides is 2. The van der Waals surface area contributed by atoms with Crippen LogP contribution in [0.15, 0.2) is 24.5 Å². The van der Waals surface area contributed by atoms with Gasteiger partial charge in [-0.3, -0.25) is 9.59 Å².